The van der Waals surface area contributed by atoms with Crippen molar-refractivity contribution in [1.82, 2.24) is 21.0 Å². The third-order valence-corrected chi connectivity index (χ3v) is 5.45. The topological polar surface area (TPSA) is 130 Å². The highest BCUT2D eigenvalue weighted by molar-refractivity contribution is 5.93. The van der Waals surface area contributed by atoms with Crippen LogP contribution in [0.15, 0.2) is 65.8 Å². The molecule has 2 aromatic carbocycles. The Morgan fingerprint density at radius 2 is 1.89 bits per heavy atom. The Labute approximate surface area is 214 Å². The number of anilines is 2. The van der Waals surface area contributed by atoms with Gasteiger partial charge in [-0.2, -0.15) is 5.10 Å². The molecule has 0 radical (unpaired) electrons. The maximum absolute atomic E-state index is 12.2. The second kappa shape index (κ2) is 13.1. The van der Waals surface area contributed by atoms with Gasteiger partial charge in [0.25, 0.3) is 5.91 Å². The summed E-state index contributed by atoms with van der Waals surface area (Å²) < 4.78 is 5.44. The third kappa shape index (κ3) is 8.09. The van der Waals surface area contributed by atoms with Gasteiger partial charge in [0, 0.05) is 31.1 Å². The van der Waals surface area contributed by atoms with Gasteiger partial charge in [0.1, 0.15) is 11.6 Å². The van der Waals surface area contributed by atoms with Gasteiger partial charge in [0.2, 0.25) is 0 Å². The third-order valence-electron chi connectivity index (χ3n) is 5.45. The monoisotopic (exact) mass is 503 g/mol. The summed E-state index contributed by atoms with van der Waals surface area (Å²) in [6, 6.07) is 18.4. The lowest BCUT2D eigenvalue weighted by Gasteiger charge is -2.28. The van der Waals surface area contributed by atoms with Gasteiger partial charge in [0.05, 0.1) is 25.8 Å². The van der Waals surface area contributed by atoms with Gasteiger partial charge in [-0.15, -0.1) is 0 Å². The highest BCUT2D eigenvalue weighted by atomic mass is 16.7. The van der Waals surface area contributed by atoms with Crippen LogP contribution < -0.4 is 21.3 Å². The van der Waals surface area contributed by atoms with E-state index in [4.69, 9.17) is 9.57 Å². The summed E-state index contributed by atoms with van der Waals surface area (Å²) in [4.78, 5) is 40.4. The number of aromatic nitrogens is 2. The standard InChI is InChI=1S/C26H29N7O4/c1-19-6-5-7-20(16-19)18-27-30-23-17-24(33-12-14-36-15-13-33)29-22(28-23)10-11-25(34)37-32-31-26(35)21-8-3-2-4-9-21/h2-9,16-18,32H,10-15H2,1H3,(H,31,35)(H,28,29,30). The normalized spacial score (nSPS) is 13.4. The van der Waals surface area contributed by atoms with Crippen LogP contribution in [-0.4, -0.2) is 54.4 Å². The van der Waals surface area contributed by atoms with Gasteiger partial charge in [-0.1, -0.05) is 53.6 Å². The Bertz CT molecular complexity index is 1230. The summed E-state index contributed by atoms with van der Waals surface area (Å²) in [5, 5.41) is 4.31. The number of nitrogens with one attached hydrogen (secondary N) is 3. The molecule has 0 bridgehead atoms. The van der Waals surface area contributed by atoms with Crippen LogP contribution in [0.25, 0.3) is 0 Å². The molecular formula is C26H29N7O4. The molecule has 11 heteroatoms. The van der Waals surface area contributed by atoms with Crippen LogP contribution in [0.5, 0.6) is 0 Å². The average Bonchev–Trinajstić information content (AvgIpc) is 2.93. The number of hydrazone groups is 1. The predicted molar refractivity (Wildman–Crippen MR) is 139 cm³/mol. The van der Waals surface area contributed by atoms with Gasteiger partial charge in [-0.25, -0.2) is 9.97 Å². The molecular weight excluding hydrogens is 474 g/mol. The average molecular weight is 504 g/mol. The summed E-state index contributed by atoms with van der Waals surface area (Å²) in [6.45, 7) is 4.65. The second-order valence-electron chi connectivity index (χ2n) is 8.31. The number of aryl methyl sites for hydroxylation is 2. The number of hydrogen-bond acceptors (Lipinski definition) is 10. The number of ether oxygens (including phenoxy) is 1. The Hall–Kier alpha value is -4.35. The van der Waals surface area contributed by atoms with Gasteiger partial charge < -0.3 is 14.5 Å². The maximum Gasteiger partial charge on any atom is 0.327 e. The first kappa shape index (κ1) is 25.7. The summed E-state index contributed by atoms with van der Waals surface area (Å²) in [7, 11) is 0. The predicted octanol–water partition coefficient (Wildman–Crippen LogP) is 2.39. The molecule has 1 aromatic heterocycles. The number of amides is 1. The molecule has 1 aliphatic rings. The van der Waals surface area contributed by atoms with Crippen LogP contribution >= 0.6 is 0 Å². The molecule has 1 fully saturated rings. The second-order valence-corrected chi connectivity index (χ2v) is 8.31. The van der Waals surface area contributed by atoms with E-state index in [1.54, 1.807) is 36.5 Å². The van der Waals surface area contributed by atoms with Crippen LogP contribution in [0.2, 0.25) is 0 Å². The van der Waals surface area contributed by atoms with Crippen molar-refractivity contribution in [3.8, 4) is 0 Å². The maximum atomic E-state index is 12.2. The summed E-state index contributed by atoms with van der Waals surface area (Å²) in [5.41, 5.74) is 10.0. The van der Waals surface area contributed by atoms with E-state index >= 15 is 0 Å². The zero-order valence-corrected chi connectivity index (χ0v) is 20.5. The minimum Gasteiger partial charge on any atom is -0.378 e. The number of benzene rings is 2. The van der Waals surface area contributed by atoms with Crippen molar-refractivity contribution in [1.29, 1.82) is 0 Å². The number of hydrogen-bond donors (Lipinski definition) is 3. The van der Waals surface area contributed by atoms with Gasteiger partial charge in [0.15, 0.2) is 5.82 Å². The molecule has 4 rings (SSSR count). The fourth-order valence-corrected chi connectivity index (χ4v) is 3.59. The van der Waals surface area contributed by atoms with Gasteiger partial charge in [-0.05, 0) is 24.6 Å². The first-order valence-electron chi connectivity index (χ1n) is 11.9. The number of carbonyl (C=O) groups excluding carboxylic acids is 2. The van der Waals surface area contributed by atoms with Gasteiger partial charge in [-0.3, -0.25) is 20.4 Å². The first-order chi connectivity index (χ1) is 18.1. The quantitative estimate of drug-likeness (QED) is 0.282. The molecule has 11 nitrogen and oxygen atoms in total. The van der Waals surface area contributed by atoms with Crippen molar-refractivity contribution in [2.45, 2.75) is 19.8 Å². The SMILES string of the molecule is Cc1cccc(C=NNc2cc(N3CCOCC3)nc(CCC(=O)ONNC(=O)c3ccccc3)n2)c1. The number of rotatable bonds is 10. The molecule has 192 valence electrons. The summed E-state index contributed by atoms with van der Waals surface area (Å²) in [6.07, 6.45) is 1.96. The summed E-state index contributed by atoms with van der Waals surface area (Å²) in [5.74, 6) is 0.709. The van der Waals surface area contributed by atoms with Crippen LogP contribution in [0.3, 0.4) is 0 Å². The lowest BCUT2D eigenvalue weighted by molar-refractivity contribution is -0.152. The smallest absolute Gasteiger partial charge is 0.327 e. The van der Waals surface area contributed by atoms with E-state index in [0.717, 1.165) is 16.9 Å². The molecule has 1 amide bonds. The molecule has 0 unspecified atom stereocenters. The fraction of sp³-hybridized carbons (Fsp3) is 0.269. The molecule has 0 spiro atoms. The molecule has 3 aromatic rings. The highest BCUT2D eigenvalue weighted by Gasteiger charge is 2.16. The minimum atomic E-state index is -0.569. The lowest BCUT2D eigenvalue weighted by Crippen LogP contribution is -2.39. The highest BCUT2D eigenvalue weighted by Crippen LogP contribution is 2.18. The van der Waals surface area contributed by atoms with E-state index in [-0.39, 0.29) is 12.8 Å². The van der Waals surface area contributed by atoms with Crippen molar-refractivity contribution in [2.75, 3.05) is 36.6 Å². The minimum absolute atomic E-state index is 0.00672. The Morgan fingerprint density at radius 3 is 2.68 bits per heavy atom. The number of nitrogens with zero attached hydrogens (tertiary/aromatic N) is 4. The van der Waals surface area contributed by atoms with E-state index in [0.29, 0.717) is 43.5 Å². The number of morpholine rings is 1. The van der Waals surface area contributed by atoms with E-state index < -0.39 is 11.9 Å². The Balaban J connectivity index is 1.35. The Morgan fingerprint density at radius 1 is 1.08 bits per heavy atom. The molecule has 3 N–H and O–H groups in total. The van der Waals surface area contributed by atoms with Gasteiger partial charge >= 0.3 is 5.97 Å². The Kier molecular flexibility index (Phi) is 9.11. The fourth-order valence-electron chi connectivity index (χ4n) is 3.59. The van der Waals surface area contributed by atoms with E-state index in [1.807, 2.05) is 37.3 Å². The zero-order valence-electron chi connectivity index (χ0n) is 20.5. The molecule has 0 atom stereocenters. The lowest BCUT2D eigenvalue weighted by atomic mass is 10.2. The van der Waals surface area contributed by atoms with Crippen molar-refractivity contribution >= 4 is 29.7 Å². The summed E-state index contributed by atoms with van der Waals surface area (Å²) >= 11 is 0. The molecule has 2 heterocycles. The van der Waals surface area contributed by atoms with Crippen LogP contribution in [0, 0.1) is 6.92 Å². The van der Waals surface area contributed by atoms with Crippen LogP contribution in [0.4, 0.5) is 11.6 Å². The molecule has 37 heavy (non-hydrogen) atoms. The molecule has 0 saturated carbocycles. The van der Waals surface area contributed by atoms with Crippen molar-refractivity contribution < 1.29 is 19.2 Å². The van der Waals surface area contributed by atoms with Crippen LogP contribution in [-0.2, 0) is 20.8 Å². The van der Waals surface area contributed by atoms with E-state index in [1.165, 1.54) is 0 Å². The van der Waals surface area contributed by atoms with Crippen molar-refractivity contribution in [2.24, 2.45) is 5.10 Å². The zero-order chi connectivity index (χ0) is 25.9. The largest absolute Gasteiger partial charge is 0.378 e. The molecule has 0 aliphatic carbocycles. The van der Waals surface area contributed by atoms with Crippen molar-refractivity contribution in [3.63, 3.8) is 0 Å². The van der Waals surface area contributed by atoms with E-state index in [2.05, 4.69) is 36.4 Å². The van der Waals surface area contributed by atoms with Crippen LogP contribution in [0.1, 0.15) is 33.7 Å². The first-order valence-corrected chi connectivity index (χ1v) is 11.9. The molecule has 1 saturated heterocycles. The molecule has 1 aliphatic heterocycles. The number of carbonyl (C=O) groups is 2. The number of hydrazine groups is 1. The van der Waals surface area contributed by atoms with Crippen molar-refractivity contribution in [3.05, 3.63) is 83.2 Å². The van der Waals surface area contributed by atoms with E-state index in [9.17, 15) is 9.59 Å².